The third-order valence-electron chi connectivity index (χ3n) is 3.96. The number of aliphatic carboxylic acids is 1. The highest BCUT2D eigenvalue weighted by atomic mass is 16.4. The average molecular weight is 282 g/mol. The molecule has 1 aliphatic heterocycles. The minimum absolute atomic E-state index is 0.0253. The lowest BCUT2D eigenvalue weighted by atomic mass is 9.90. The number of amides is 1. The molecule has 1 aliphatic rings. The summed E-state index contributed by atoms with van der Waals surface area (Å²) in [4.78, 5) is 24.7. The van der Waals surface area contributed by atoms with Gasteiger partial charge in [0.05, 0.1) is 12.6 Å². The molecule has 1 rings (SSSR count). The lowest BCUT2D eigenvalue weighted by Gasteiger charge is -2.28. The molecule has 1 amide bonds. The van der Waals surface area contributed by atoms with Gasteiger partial charge in [-0.3, -0.25) is 14.5 Å². The largest absolute Gasteiger partial charge is 0.480 e. The summed E-state index contributed by atoms with van der Waals surface area (Å²) in [5.41, 5.74) is 3.54. The van der Waals surface area contributed by atoms with Crippen LogP contribution in [0.25, 0.3) is 0 Å². The Morgan fingerprint density at radius 1 is 1.60 bits per heavy atom. The van der Waals surface area contributed by atoms with Crippen molar-refractivity contribution in [3.05, 3.63) is 0 Å². The third-order valence-corrected chi connectivity index (χ3v) is 3.96. The summed E-state index contributed by atoms with van der Waals surface area (Å²) in [5, 5.41) is 20.9. The summed E-state index contributed by atoms with van der Waals surface area (Å²) in [6.45, 7) is 6.03. The maximum atomic E-state index is 12.0. The fraction of sp³-hybridized carbons (Fsp3) is 0.769. The minimum atomic E-state index is -1.28. The van der Waals surface area contributed by atoms with Crippen LogP contribution in [0.5, 0.6) is 0 Å². The minimum Gasteiger partial charge on any atom is -0.480 e. The predicted molar refractivity (Wildman–Crippen MR) is 72.6 cm³/mol. The van der Waals surface area contributed by atoms with Gasteiger partial charge < -0.3 is 16.2 Å². The summed E-state index contributed by atoms with van der Waals surface area (Å²) in [7, 11) is 0. The third kappa shape index (κ3) is 3.46. The number of carbonyl (C=O) groups excluding carboxylic acids is 1. The molecule has 0 bridgehead atoms. The first-order valence-electron chi connectivity index (χ1n) is 6.60. The Hall–Kier alpha value is -1.65. The van der Waals surface area contributed by atoms with E-state index in [1.807, 2.05) is 13.8 Å². The molecular formula is C13H22N4O3. The second-order valence-electron chi connectivity index (χ2n) is 5.94. The van der Waals surface area contributed by atoms with E-state index in [0.29, 0.717) is 13.0 Å². The highest BCUT2D eigenvalue weighted by Gasteiger charge is 2.42. The molecule has 1 fully saturated rings. The van der Waals surface area contributed by atoms with E-state index in [0.717, 1.165) is 0 Å². The second-order valence-corrected chi connectivity index (χ2v) is 5.94. The molecule has 112 valence electrons. The first-order chi connectivity index (χ1) is 9.13. The van der Waals surface area contributed by atoms with Gasteiger partial charge in [-0.1, -0.05) is 13.8 Å². The van der Waals surface area contributed by atoms with Crippen molar-refractivity contribution >= 4 is 11.9 Å². The van der Waals surface area contributed by atoms with E-state index in [-0.39, 0.29) is 24.9 Å². The molecule has 4 N–H and O–H groups in total. The maximum absolute atomic E-state index is 12.0. The zero-order valence-corrected chi connectivity index (χ0v) is 12.1. The molecule has 0 saturated carbocycles. The zero-order chi connectivity index (χ0) is 15.6. The Morgan fingerprint density at radius 2 is 2.20 bits per heavy atom. The van der Waals surface area contributed by atoms with E-state index in [1.54, 1.807) is 11.8 Å². The Labute approximate surface area is 118 Å². The van der Waals surface area contributed by atoms with Crippen LogP contribution in [-0.4, -0.2) is 52.6 Å². The summed E-state index contributed by atoms with van der Waals surface area (Å²) >= 11 is 0. The van der Waals surface area contributed by atoms with Crippen molar-refractivity contribution < 1.29 is 14.7 Å². The number of hydrogen-bond acceptors (Lipinski definition) is 5. The van der Waals surface area contributed by atoms with Gasteiger partial charge in [0.1, 0.15) is 11.1 Å². The van der Waals surface area contributed by atoms with Crippen molar-refractivity contribution in [2.45, 2.75) is 38.3 Å². The van der Waals surface area contributed by atoms with E-state index in [9.17, 15) is 9.59 Å². The molecule has 0 aromatic heterocycles. The normalized spacial score (nSPS) is 26.0. The van der Waals surface area contributed by atoms with Crippen LogP contribution in [0.15, 0.2) is 0 Å². The average Bonchev–Trinajstić information content (AvgIpc) is 2.71. The number of nitrogens with zero attached hydrogens (tertiary/aromatic N) is 2. The summed E-state index contributed by atoms with van der Waals surface area (Å²) in [5.74, 6) is -1.37. The fourth-order valence-corrected chi connectivity index (χ4v) is 2.06. The number of carbonyl (C=O) groups is 2. The van der Waals surface area contributed by atoms with Gasteiger partial charge in [0, 0.05) is 13.1 Å². The van der Waals surface area contributed by atoms with E-state index in [1.165, 1.54) is 0 Å². The summed E-state index contributed by atoms with van der Waals surface area (Å²) < 4.78 is 0. The highest BCUT2D eigenvalue weighted by molar-refractivity contribution is 5.81. The molecule has 1 saturated heterocycles. The van der Waals surface area contributed by atoms with Crippen LogP contribution in [0, 0.1) is 17.2 Å². The van der Waals surface area contributed by atoms with Crippen molar-refractivity contribution in [3.8, 4) is 6.07 Å². The number of nitriles is 1. The van der Waals surface area contributed by atoms with Crippen LogP contribution in [0.3, 0.4) is 0 Å². The number of carboxylic acids is 1. The molecule has 0 aromatic rings. The van der Waals surface area contributed by atoms with Gasteiger partial charge in [-0.2, -0.15) is 5.26 Å². The van der Waals surface area contributed by atoms with E-state index < -0.39 is 17.0 Å². The number of likely N-dealkylation sites (tertiary alicyclic amines) is 1. The molecule has 20 heavy (non-hydrogen) atoms. The monoisotopic (exact) mass is 282 g/mol. The van der Waals surface area contributed by atoms with Crippen molar-refractivity contribution in [2.24, 2.45) is 11.7 Å². The van der Waals surface area contributed by atoms with E-state index in [4.69, 9.17) is 16.1 Å². The molecule has 0 aromatic carbocycles. The van der Waals surface area contributed by atoms with Crippen LogP contribution in [0.2, 0.25) is 0 Å². The summed E-state index contributed by atoms with van der Waals surface area (Å²) in [6.07, 6.45) is 0.315. The topological polar surface area (TPSA) is 119 Å². The Morgan fingerprint density at radius 3 is 2.60 bits per heavy atom. The second kappa shape index (κ2) is 5.77. The van der Waals surface area contributed by atoms with Gasteiger partial charge >= 0.3 is 5.97 Å². The predicted octanol–water partition coefficient (Wildman–Crippen LogP) is -0.471. The molecule has 7 nitrogen and oxygen atoms in total. The number of nitrogens with two attached hydrogens (primary N) is 1. The van der Waals surface area contributed by atoms with Gasteiger partial charge in [0.25, 0.3) is 0 Å². The zero-order valence-electron chi connectivity index (χ0n) is 12.1. The lowest BCUT2D eigenvalue weighted by Crippen LogP contribution is -2.53. The van der Waals surface area contributed by atoms with Crippen LogP contribution < -0.4 is 11.1 Å². The fourth-order valence-electron chi connectivity index (χ4n) is 2.06. The van der Waals surface area contributed by atoms with Crippen LogP contribution in [0.1, 0.15) is 27.2 Å². The van der Waals surface area contributed by atoms with Crippen LogP contribution in [-0.2, 0) is 9.59 Å². The van der Waals surface area contributed by atoms with Crippen LogP contribution in [0.4, 0.5) is 0 Å². The first kappa shape index (κ1) is 16.4. The highest BCUT2D eigenvalue weighted by Crippen LogP contribution is 2.19. The lowest BCUT2D eigenvalue weighted by molar-refractivity contribution is -0.143. The molecule has 0 radical (unpaired) electrons. The molecular weight excluding hydrogens is 260 g/mol. The van der Waals surface area contributed by atoms with Gasteiger partial charge in [-0.25, -0.2) is 0 Å². The Bertz CT molecular complexity index is 445. The van der Waals surface area contributed by atoms with Gasteiger partial charge in [-0.15, -0.1) is 0 Å². The first-order valence-corrected chi connectivity index (χ1v) is 6.60. The smallest absolute Gasteiger partial charge is 0.325 e. The molecule has 7 heteroatoms. The molecule has 0 spiro atoms. The maximum Gasteiger partial charge on any atom is 0.325 e. The van der Waals surface area contributed by atoms with E-state index in [2.05, 4.69) is 11.4 Å². The number of nitrogens with one attached hydrogen (secondary N) is 1. The number of rotatable bonds is 5. The van der Waals surface area contributed by atoms with Gasteiger partial charge in [-0.05, 0) is 19.3 Å². The molecule has 2 atom stereocenters. The molecule has 1 heterocycles. The number of hydrogen-bond donors (Lipinski definition) is 3. The van der Waals surface area contributed by atoms with Crippen molar-refractivity contribution in [1.29, 1.82) is 5.26 Å². The Kier molecular flexibility index (Phi) is 4.73. The van der Waals surface area contributed by atoms with Gasteiger partial charge in [0.15, 0.2) is 0 Å². The Balaban J connectivity index is 2.58. The molecule has 2 unspecified atom stereocenters. The van der Waals surface area contributed by atoms with Gasteiger partial charge in [0.2, 0.25) is 5.91 Å². The van der Waals surface area contributed by atoms with E-state index >= 15 is 0 Å². The SMILES string of the molecule is CC(C)C(C)(C#N)NC(=O)CN1CCC(N)(C(=O)O)C1. The molecule has 0 aliphatic carbocycles. The quantitative estimate of drug-likeness (QED) is 0.627. The van der Waals surface area contributed by atoms with Crippen molar-refractivity contribution in [2.75, 3.05) is 19.6 Å². The van der Waals surface area contributed by atoms with Crippen LogP contribution >= 0.6 is 0 Å². The van der Waals surface area contributed by atoms with Crippen molar-refractivity contribution in [1.82, 2.24) is 10.2 Å². The summed E-state index contributed by atoms with van der Waals surface area (Å²) in [6, 6.07) is 2.10. The number of carboxylic acid groups (broad SMARTS) is 1. The van der Waals surface area contributed by atoms with Crippen molar-refractivity contribution in [3.63, 3.8) is 0 Å². The standard InChI is InChI=1S/C13H22N4O3/c1-9(2)12(3,7-14)16-10(18)6-17-5-4-13(15,8-17)11(19)20/h9H,4-6,8,15H2,1-3H3,(H,16,18)(H,19,20).